The van der Waals surface area contributed by atoms with Crippen LogP contribution in [0.3, 0.4) is 0 Å². The highest BCUT2D eigenvalue weighted by atomic mass is 16.3. The number of fused-ring (bicyclic) bond motifs is 1. The van der Waals surface area contributed by atoms with Crippen molar-refractivity contribution in [1.29, 1.82) is 0 Å². The number of aliphatic hydroxyl groups is 1. The van der Waals surface area contributed by atoms with Gasteiger partial charge in [0.25, 0.3) is 0 Å². The summed E-state index contributed by atoms with van der Waals surface area (Å²) in [6, 6.07) is 13.8. The predicted octanol–water partition coefficient (Wildman–Crippen LogP) is 2.96. The molecule has 2 rings (SSSR count). The summed E-state index contributed by atoms with van der Waals surface area (Å²) in [6.07, 6.45) is 0.821. The molecule has 2 N–H and O–H groups in total. The molecule has 0 aliphatic carbocycles. The third-order valence-corrected chi connectivity index (χ3v) is 3.05. The fourth-order valence-electron chi connectivity index (χ4n) is 2.04. The monoisotopic (exact) mass is 269 g/mol. The molecule has 3 heteroatoms. The van der Waals surface area contributed by atoms with Crippen molar-refractivity contribution in [2.24, 2.45) is 0 Å². The lowest BCUT2D eigenvalue weighted by Gasteiger charge is -2.12. The molecule has 104 valence electrons. The van der Waals surface area contributed by atoms with Gasteiger partial charge in [-0.05, 0) is 36.2 Å². The van der Waals surface area contributed by atoms with Gasteiger partial charge in [0, 0.05) is 12.6 Å². The third kappa shape index (κ3) is 3.68. The number of hydrogen-bond acceptors (Lipinski definition) is 2. The van der Waals surface area contributed by atoms with Crippen LogP contribution in [0.2, 0.25) is 0 Å². The van der Waals surface area contributed by atoms with Crippen LogP contribution < -0.4 is 5.32 Å². The Kier molecular flexibility index (Phi) is 4.53. The van der Waals surface area contributed by atoms with Gasteiger partial charge in [-0.15, -0.1) is 0 Å². The van der Waals surface area contributed by atoms with E-state index in [1.165, 1.54) is 6.08 Å². The maximum absolute atomic E-state index is 11.5. The molecule has 3 nitrogen and oxygen atoms in total. The molecule has 0 bridgehead atoms. The number of carbonyl (C=O) groups is 1. The summed E-state index contributed by atoms with van der Waals surface area (Å²) >= 11 is 0. The SMILES string of the molecule is CC(C)=CC(=O)NCC(O)c1ccc2ccccc2c1. The molecule has 0 radical (unpaired) electrons. The second-order valence-electron chi connectivity index (χ2n) is 5.09. The largest absolute Gasteiger partial charge is 0.387 e. The van der Waals surface area contributed by atoms with E-state index in [4.69, 9.17) is 0 Å². The number of rotatable bonds is 4. The maximum atomic E-state index is 11.5. The number of amides is 1. The van der Waals surface area contributed by atoms with Crippen molar-refractivity contribution >= 4 is 16.7 Å². The molecule has 0 saturated heterocycles. The summed E-state index contributed by atoms with van der Waals surface area (Å²) in [5.74, 6) is -0.176. The Balaban J connectivity index is 2.05. The first kappa shape index (κ1) is 14.3. The highest BCUT2D eigenvalue weighted by Gasteiger charge is 2.09. The predicted molar refractivity (Wildman–Crippen MR) is 81.3 cm³/mol. The lowest BCUT2D eigenvalue weighted by molar-refractivity contribution is -0.117. The van der Waals surface area contributed by atoms with Gasteiger partial charge in [0.1, 0.15) is 0 Å². The Hall–Kier alpha value is -2.13. The van der Waals surface area contributed by atoms with E-state index in [9.17, 15) is 9.90 Å². The highest BCUT2D eigenvalue weighted by molar-refractivity contribution is 5.88. The number of aliphatic hydroxyl groups excluding tert-OH is 1. The van der Waals surface area contributed by atoms with Gasteiger partial charge in [-0.2, -0.15) is 0 Å². The molecule has 0 fully saturated rings. The molecular formula is C17H19NO2. The van der Waals surface area contributed by atoms with Gasteiger partial charge < -0.3 is 10.4 Å². The van der Waals surface area contributed by atoms with Crippen molar-refractivity contribution in [3.05, 3.63) is 59.7 Å². The summed E-state index contributed by atoms with van der Waals surface area (Å²) in [6.45, 7) is 3.93. The summed E-state index contributed by atoms with van der Waals surface area (Å²) in [4.78, 5) is 11.5. The van der Waals surface area contributed by atoms with Crippen LogP contribution in [0.15, 0.2) is 54.1 Å². The second kappa shape index (κ2) is 6.35. The molecule has 1 atom stereocenters. The van der Waals surface area contributed by atoms with Gasteiger partial charge in [0.15, 0.2) is 0 Å². The molecule has 0 spiro atoms. The molecule has 0 aliphatic heterocycles. The Bertz CT molecular complexity index is 642. The van der Waals surface area contributed by atoms with E-state index in [-0.39, 0.29) is 12.5 Å². The molecular weight excluding hydrogens is 250 g/mol. The number of carbonyl (C=O) groups excluding carboxylic acids is 1. The van der Waals surface area contributed by atoms with E-state index in [1.807, 2.05) is 56.3 Å². The van der Waals surface area contributed by atoms with E-state index in [0.717, 1.165) is 21.9 Å². The van der Waals surface area contributed by atoms with Crippen molar-refractivity contribution in [2.45, 2.75) is 20.0 Å². The standard InChI is InChI=1S/C17H19NO2/c1-12(2)9-17(20)18-11-16(19)15-8-7-13-5-3-4-6-14(13)10-15/h3-10,16,19H,11H2,1-2H3,(H,18,20). The maximum Gasteiger partial charge on any atom is 0.244 e. The lowest BCUT2D eigenvalue weighted by Crippen LogP contribution is -2.26. The normalized spacial score (nSPS) is 11.9. The van der Waals surface area contributed by atoms with Gasteiger partial charge in [0.2, 0.25) is 5.91 Å². The van der Waals surface area contributed by atoms with E-state index >= 15 is 0 Å². The number of hydrogen-bond donors (Lipinski definition) is 2. The first-order valence-electron chi connectivity index (χ1n) is 6.66. The Labute approximate surface area is 118 Å². The van der Waals surface area contributed by atoms with E-state index < -0.39 is 6.10 Å². The number of allylic oxidation sites excluding steroid dienone is 1. The smallest absolute Gasteiger partial charge is 0.244 e. The van der Waals surface area contributed by atoms with Crippen molar-refractivity contribution in [2.75, 3.05) is 6.54 Å². The van der Waals surface area contributed by atoms with Gasteiger partial charge in [-0.3, -0.25) is 4.79 Å². The fraction of sp³-hybridized carbons (Fsp3) is 0.235. The summed E-state index contributed by atoms with van der Waals surface area (Å²) in [7, 11) is 0. The first-order valence-corrected chi connectivity index (χ1v) is 6.66. The third-order valence-electron chi connectivity index (χ3n) is 3.05. The van der Waals surface area contributed by atoms with Crippen LogP contribution in [0.25, 0.3) is 10.8 Å². The Morgan fingerprint density at radius 1 is 1.20 bits per heavy atom. The molecule has 0 heterocycles. The average molecular weight is 269 g/mol. The summed E-state index contributed by atoms with van der Waals surface area (Å²) in [5.41, 5.74) is 1.74. The molecule has 20 heavy (non-hydrogen) atoms. The van der Waals surface area contributed by atoms with Crippen LogP contribution in [0.5, 0.6) is 0 Å². The molecule has 2 aromatic rings. The van der Waals surface area contributed by atoms with Crippen molar-refractivity contribution in [1.82, 2.24) is 5.32 Å². The lowest BCUT2D eigenvalue weighted by atomic mass is 10.0. The minimum Gasteiger partial charge on any atom is -0.387 e. The molecule has 0 aromatic heterocycles. The zero-order valence-corrected chi connectivity index (χ0v) is 11.8. The van der Waals surface area contributed by atoms with Crippen LogP contribution in [-0.2, 0) is 4.79 Å². The van der Waals surface area contributed by atoms with Crippen LogP contribution in [0.1, 0.15) is 25.5 Å². The minimum atomic E-state index is -0.700. The second-order valence-corrected chi connectivity index (χ2v) is 5.09. The van der Waals surface area contributed by atoms with E-state index in [0.29, 0.717) is 0 Å². The molecule has 0 aliphatic rings. The Morgan fingerprint density at radius 3 is 2.60 bits per heavy atom. The topological polar surface area (TPSA) is 49.3 Å². The van der Waals surface area contributed by atoms with Crippen LogP contribution >= 0.6 is 0 Å². The zero-order valence-electron chi connectivity index (χ0n) is 11.8. The zero-order chi connectivity index (χ0) is 14.5. The van der Waals surface area contributed by atoms with Gasteiger partial charge >= 0.3 is 0 Å². The van der Waals surface area contributed by atoms with Crippen LogP contribution in [0.4, 0.5) is 0 Å². The summed E-state index contributed by atoms with van der Waals surface area (Å²) < 4.78 is 0. The van der Waals surface area contributed by atoms with Crippen LogP contribution in [0, 0.1) is 0 Å². The average Bonchev–Trinajstić information content (AvgIpc) is 2.43. The molecule has 1 amide bonds. The molecule has 1 unspecified atom stereocenters. The fourth-order valence-corrected chi connectivity index (χ4v) is 2.04. The highest BCUT2D eigenvalue weighted by Crippen LogP contribution is 2.20. The van der Waals surface area contributed by atoms with E-state index in [2.05, 4.69) is 5.32 Å². The van der Waals surface area contributed by atoms with Gasteiger partial charge in [-0.1, -0.05) is 42.0 Å². The molecule has 2 aromatic carbocycles. The van der Waals surface area contributed by atoms with E-state index in [1.54, 1.807) is 0 Å². The van der Waals surface area contributed by atoms with Crippen molar-refractivity contribution in [3.63, 3.8) is 0 Å². The first-order chi connectivity index (χ1) is 9.56. The van der Waals surface area contributed by atoms with Gasteiger partial charge in [0.05, 0.1) is 6.10 Å². The van der Waals surface area contributed by atoms with Gasteiger partial charge in [-0.25, -0.2) is 0 Å². The molecule has 0 saturated carbocycles. The Morgan fingerprint density at radius 2 is 1.90 bits per heavy atom. The quantitative estimate of drug-likeness (QED) is 0.838. The van der Waals surface area contributed by atoms with Crippen molar-refractivity contribution in [3.8, 4) is 0 Å². The van der Waals surface area contributed by atoms with Crippen molar-refractivity contribution < 1.29 is 9.90 Å². The summed E-state index contributed by atoms with van der Waals surface area (Å²) in [5, 5.41) is 15.0. The number of nitrogens with one attached hydrogen (secondary N) is 1. The minimum absolute atomic E-state index is 0.176. The van der Waals surface area contributed by atoms with Crippen LogP contribution in [-0.4, -0.2) is 17.6 Å². The number of benzene rings is 2.